The van der Waals surface area contributed by atoms with Gasteiger partial charge in [-0.2, -0.15) is 0 Å². The number of ether oxygens (including phenoxy) is 1. The Morgan fingerprint density at radius 3 is 1.41 bits per heavy atom. The highest BCUT2D eigenvalue weighted by Gasteiger charge is 2.27. The van der Waals surface area contributed by atoms with Crippen LogP contribution in [-0.4, -0.2) is 75.5 Å². The number of likely N-dealkylation sites (N-methyl/N-ethyl adjacent to an activating group) is 2. The first-order valence-electron chi connectivity index (χ1n) is 7.37. The summed E-state index contributed by atoms with van der Waals surface area (Å²) in [4.78, 5) is 0. The van der Waals surface area contributed by atoms with Crippen LogP contribution in [0.4, 0.5) is 0 Å². The molecule has 2 aliphatic heterocycles. The molecule has 2 aliphatic rings. The average molecular weight is 242 g/mol. The molecule has 2 saturated heterocycles. The lowest BCUT2D eigenvalue weighted by Gasteiger charge is -2.30. The van der Waals surface area contributed by atoms with E-state index in [0.717, 1.165) is 13.2 Å². The molecule has 100 valence electrons. The molecule has 0 saturated carbocycles. The van der Waals surface area contributed by atoms with Crippen molar-refractivity contribution in [1.29, 1.82) is 0 Å². The van der Waals surface area contributed by atoms with Crippen molar-refractivity contribution in [2.45, 2.75) is 25.7 Å². The van der Waals surface area contributed by atoms with E-state index in [1.807, 2.05) is 0 Å². The van der Waals surface area contributed by atoms with Gasteiger partial charge in [-0.05, 0) is 0 Å². The Balaban J connectivity index is 1.54. The highest BCUT2D eigenvalue weighted by molar-refractivity contribution is 4.53. The first-order chi connectivity index (χ1) is 8.12. The maximum atomic E-state index is 5.86. The van der Waals surface area contributed by atoms with Crippen molar-refractivity contribution in [2.24, 2.45) is 0 Å². The molecule has 2 fully saturated rings. The van der Waals surface area contributed by atoms with Crippen molar-refractivity contribution in [3.05, 3.63) is 0 Å². The Morgan fingerprint density at radius 1 is 0.706 bits per heavy atom. The number of hydrogen-bond donors (Lipinski definition) is 0. The molecule has 0 atom stereocenters. The molecule has 17 heavy (non-hydrogen) atoms. The van der Waals surface area contributed by atoms with Gasteiger partial charge in [0.2, 0.25) is 0 Å². The molecule has 0 radical (unpaired) electrons. The number of nitrogens with zero attached hydrogens (tertiary/aromatic N) is 2. The smallest absolute Gasteiger partial charge is 0.102 e. The molecule has 0 amide bonds. The standard InChI is InChI=1S/C14H30N2O/c1-15(7-3-4-8-15)11-13-17-14-12-16(2)9-5-6-10-16/h3-14H2,1-2H3/q+2. The number of hydrogen-bond acceptors (Lipinski definition) is 1. The van der Waals surface area contributed by atoms with Gasteiger partial charge in [-0.25, -0.2) is 0 Å². The molecule has 0 aromatic heterocycles. The van der Waals surface area contributed by atoms with Crippen LogP contribution < -0.4 is 0 Å². The van der Waals surface area contributed by atoms with E-state index in [1.165, 1.54) is 73.9 Å². The Kier molecular flexibility index (Phi) is 4.45. The maximum Gasteiger partial charge on any atom is 0.102 e. The SMILES string of the molecule is C[N+]1(CCOCC[N+]2(C)CCCC2)CCCC1. The highest BCUT2D eigenvalue weighted by Crippen LogP contribution is 2.16. The van der Waals surface area contributed by atoms with Crippen molar-refractivity contribution < 1.29 is 13.7 Å². The van der Waals surface area contributed by atoms with Crippen LogP contribution in [0, 0.1) is 0 Å². The summed E-state index contributed by atoms with van der Waals surface area (Å²) in [7, 11) is 4.76. The van der Waals surface area contributed by atoms with Crippen molar-refractivity contribution in [1.82, 2.24) is 0 Å². The van der Waals surface area contributed by atoms with Gasteiger partial charge in [0, 0.05) is 25.7 Å². The molecule has 0 aromatic rings. The summed E-state index contributed by atoms with van der Waals surface area (Å²) < 4.78 is 8.34. The van der Waals surface area contributed by atoms with Gasteiger partial charge in [0.1, 0.15) is 13.1 Å². The molecule has 3 heteroatoms. The van der Waals surface area contributed by atoms with Gasteiger partial charge < -0.3 is 13.7 Å². The van der Waals surface area contributed by atoms with Gasteiger partial charge in [-0.15, -0.1) is 0 Å². The van der Waals surface area contributed by atoms with Crippen LogP contribution in [0.2, 0.25) is 0 Å². The number of quaternary nitrogens is 2. The number of rotatable bonds is 6. The minimum absolute atomic E-state index is 0.955. The van der Waals surface area contributed by atoms with Crippen LogP contribution >= 0.6 is 0 Å². The van der Waals surface area contributed by atoms with Crippen molar-refractivity contribution >= 4 is 0 Å². The summed E-state index contributed by atoms with van der Waals surface area (Å²) in [5.41, 5.74) is 0. The zero-order valence-electron chi connectivity index (χ0n) is 11.8. The van der Waals surface area contributed by atoms with Gasteiger partial charge in [0.25, 0.3) is 0 Å². The molecule has 0 aliphatic carbocycles. The van der Waals surface area contributed by atoms with Crippen LogP contribution in [0.3, 0.4) is 0 Å². The second-order valence-corrected chi connectivity index (χ2v) is 6.61. The second kappa shape index (κ2) is 5.68. The monoisotopic (exact) mass is 242 g/mol. The van der Waals surface area contributed by atoms with Crippen LogP contribution in [0.5, 0.6) is 0 Å². The van der Waals surface area contributed by atoms with E-state index in [2.05, 4.69) is 14.1 Å². The molecule has 0 bridgehead atoms. The molecule has 2 rings (SSSR count). The quantitative estimate of drug-likeness (QED) is 0.506. The molecule has 2 heterocycles. The summed E-state index contributed by atoms with van der Waals surface area (Å²) in [6, 6.07) is 0. The first kappa shape index (κ1) is 13.3. The fourth-order valence-electron chi connectivity index (χ4n) is 3.32. The predicted molar refractivity (Wildman–Crippen MR) is 70.9 cm³/mol. The van der Waals surface area contributed by atoms with Gasteiger partial charge in [-0.3, -0.25) is 0 Å². The second-order valence-electron chi connectivity index (χ2n) is 6.61. The minimum atomic E-state index is 0.955. The molecular formula is C14H30N2O+2. The Labute approximate surface area is 107 Å². The third-order valence-corrected chi connectivity index (χ3v) is 4.84. The summed E-state index contributed by atoms with van der Waals surface area (Å²) in [6.07, 6.45) is 5.63. The normalized spacial score (nSPS) is 26.5. The lowest BCUT2D eigenvalue weighted by molar-refractivity contribution is -0.901. The summed E-state index contributed by atoms with van der Waals surface area (Å²) in [5, 5.41) is 0. The van der Waals surface area contributed by atoms with Gasteiger partial charge in [0.15, 0.2) is 0 Å². The lowest BCUT2D eigenvalue weighted by Crippen LogP contribution is -2.45. The topological polar surface area (TPSA) is 9.23 Å². The van der Waals surface area contributed by atoms with E-state index in [0.29, 0.717) is 0 Å². The first-order valence-corrected chi connectivity index (χ1v) is 7.37. The third kappa shape index (κ3) is 3.94. The average Bonchev–Trinajstić information content (AvgIpc) is 2.89. The highest BCUT2D eigenvalue weighted by atomic mass is 16.5. The Hall–Kier alpha value is -0.120. The third-order valence-electron chi connectivity index (χ3n) is 4.84. The van der Waals surface area contributed by atoms with E-state index in [9.17, 15) is 0 Å². The minimum Gasteiger partial charge on any atom is -0.370 e. The zero-order chi connectivity index (χ0) is 12.2. The molecule has 0 unspecified atom stereocenters. The lowest BCUT2D eigenvalue weighted by atomic mass is 10.4. The van der Waals surface area contributed by atoms with Crippen LogP contribution in [0.25, 0.3) is 0 Å². The maximum absolute atomic E-state index is 5.86. The molecular weight excluding hydrogens is 212 g/mol. The molecule has 0 N–H and O–H groups in total. The predicted octanol–water partition coefficient (Wildman–Crippen LogP) is 1.48. The molecule has 0 spiro atoms. The fourth-order valence-corrected chi connectivity index (χ4v) is 3.32. The van der Waals surface area contributed by atoms with Crippen LogP contribution in [0.15, 0.2) is 0 Å². The van der Waals surface area contributed by atoms with Gasteiger partial charge >= 0.3 is 0 Å². The van der Waals surface area contributed by atoms with Crippen LogP contribution in [0.1, 0.15) is 25.7 Å². The molecule has 3 nitrogen and oxygen atoms in total. The Bertz CT molecular complexity index is 206. The van der Waals surface area contributed by atoms with E-state index in [4.69, 9.17) is 4.74 Å². The van der Waals surface area contributed by atoms with E-state index in [1.54, 1.807) is 0 Å². The summed E-state index contributed by atoms with van der Waals surface area (Å²) >= 11 is 0. The van der Waals surface area contributed by atoms with E-state index < -0.39 is 0 Å². The van der Waals surface area contributed by atoms with Crippen molar-refractivity contribution in [2.75, 3.05) is 66.6 Å². The van der Waals surface area contributed by atoms with Crippen LogP contribution in [-0.2, 0) is 4.74 Å². The Morgan fingerprint density at radius 2 is 1.06 bits per heavy atom. The zero-order valence-corrected chi connectivity index (χ0v) is 11.8. The molecule has 0 aromatic carbocycles. The van der Waals surface area contributed by atoms with Gasteiger partial charge in [-0.1, -0.05) is 0 Å². The summed E-state index contributed by atoms with van der Waals surface area (Å²) in [5.74, 6) is 0. The van der Waals surface area contributed by atoms with Crippen molar-refractivity contribution in [3.63, 3.8) is 0 Å². The van der Waals surface area contributed by atoms with E-state index >= 15 is 0 Å². The van der Waals surface area contributed by atoms with Gasteiger partial charge in [0.05, 0.1) is 53.5 Å². The largest absolute Gasteiger partial charge is 0.370 e. The summed E-state index contributed by atoms with van der Waals surface area (Å²) in [6.45, 7) is 9.77. The fraction of sp³-hybridized carbons (Fsp3) is 1.00. The number of likely N-dealkylation sites (tertiary alicyclic amines) is 2. The van der Waals surface area contributed by atoms with Crippen molar-refractivity contribution in [3.8, 4) is 0 Å². The van der Waals surface area contributed by atoms with E-state index in [-0.39, 0.29) is 0 Å².